The summed E-state index contributed by atoms with van der Waals surface area (Å²) in [5.41, 5.74) is 6.86. The molecule has 0 bridgehead atoms. The number of benzene rings is 1. The molecule has 2 N–H and O–H groups in total. The number of likely N-dealkylation sites (tertiary alicyclic amines) is 1. The summed E-state index contributed by atoms with van der Waals surface area (Å²) in [4.78, 5) is 14.1. The standard InChI is InChI=1S/C16H24N2O2.ClH/c1-13-4-2-6-15(10-13)20-9-7-16(19)18-8-3-5-14(11-17)12-18;/h2,4,6,10,14H,3,5,7-9,11-12,17H2,1H3;1H. The number of aryl methyl sites for hydroxylation is 1. The Hall–Kier alpha value is -1.26. The number of hydrogen-bond donors (Lipinski definition) is 1. The van der Waals surface area contributed by atoms with E-state index in [9.17, 15) is 4.79 Å². The van der Waals surface area contributed by atoms with E-state index in [0.717, 1.165) is 37.2 Å². The number of hydrogen-bond acceptors (Lipinski definition) is 3. The van der Waals surface area contributed by atoms with Crippen LogP contribution in [0.4, 0.5) is 0 Å². The zero-order valence-corrected chi connectivity index (χ0v) is 13.4. The number of halogens is 1. The summed E-state index contributed by atoms with van der Waals surface area (Å²) in [5, 5.41) is 0. The van der Waals surface area contributed by atoms with Crippen molar-refractivity contribution in [1.82, 2.24) is 4.90 Å². The van der Waals surface area contributed by atoms with Crippen molar-refractivity contribution in [3.63, 3.8) is 0 Å². The van der Waals surface area contributed by atoms with E-state index in [4.69, 9.17) is 10.5 Å². The van der Waals surface area contributed by atoms with Crippen molar-refractivity contribution in [2.75, 3.05) is 26.2 Å². The molecular formula is C16H25ClN2O2. The van der Waals surface area contributed by atoms with E-state index >= 15 is 0 Å². The Morgan fingerprint density at radius 3 is 3.00 bits per heavy atom. The lowest BCUT2D eigenvalue weighted by molar-refractivity contribution is -0.133. The van der Waals surface area contributed by atoms with Gasteiger partial charge in [0, 0.05) is 13.1 Å². The fourth-order valence-corrected chi connectivity index (χ4v) is 2.60. The zero-order chi connectivity index (χ0) is 14.4. The lowest BCUT2D eigenvalue weighted by Gasteiger charge is -2.32. The molecule has 4 nitrogen and oxygen atoms in total. The molecule has 1 aliphatic rings. The topological polar surface area (TPSA) is 55.6 Å². The van der Waals surface area contributed by atoms with Crippen LogP contribution < -0.4 is 10.5 Å². The molecule has 1 saturated heterocycles. The van der Waals surface area contributed by atoms with Gasteiger partial charge in [0.05, 0.1) is 13.0 Å². The quantitative estimate of drug-likeness (QED) is 0.908. The minimum Gasteiger partial charge on any atom is -0.493 e. The van der Waals surface area contributed by atoms with Crippen molar-refractivity contribution in [2.24, 2.45) is 11.7 Å². The average Bonchev–Trinajstić information content (AvgIpc) is 2.47. The highest BCUT2D eigenvalue weighted by molar-refractivity contribution is 5.85. The van der Waals surface area contributed by atoms with E-state index in [2.05, 4.69) is 0 Å². The lowest BCUT2D eigenvalue weighted by Crippen LogP contribution is -2.42. The van der Waals surface area contributed by atoms with Crippen LogP contribution in [-0.2, 0) is 4.79 Å². The number of carbonyl (C=O) groups is 1. The summed E-state index contributed by atoms with van der Waals surface area (Å²) in [6, 6.07) is 7.89. The fourth-order valence-electron chi connectivity index (χ4n) is 2.60. The maximum Gasteiger partial charge on any atom is 0.226 e. The highest BCUT2D eigenvalue weighted by atomic mass is 35.5. The maximum atomic E-state index is 12.1. The largest absolute Gasteiger partial charge is 0.493 e. The molecule has 0 aromatic heterocycles. The van der Waals surface area contributed by atoms with Gasteiger partial charge in [-0.15, -0.1) is 12.4 Å². The third kappa shape index (κ3) is 5.56. The van der Waals surface area contributed by atoms with E-state index < -0.39 is 0 Å². The first kappa shape index (κ1) is 17.8. The van der Waals surface area contributed by atoms with Gasteiger partial charge in [-0.05, 0) is 49.9 Å². The summed E-state index contributed by atoms with van der Waals surface area (Å²) in [6.07, 6.45) is 2.64. The van der Waals surface area contributed by atoms with Gasteiger partial charge in [0.15, 0.2) is 0 Å². The average molecular weight is 313 g/mol. The molecule has 0 aliphatic carbocycles. The number of amides is 1. The van der Waals surface area contributed by atoms with E-state index in [1.54, 1.807) is 0 Å². The van der Waals surface area contributed by atoms with Crippen molar-refractivity contribution < 1.29 is 9.53 Å². The predicted molar refractivity (Wildman–Crippen MR) is 86.9 cm³/mol. The summed E-state index contributed by atoms with van der Waals surface area (Å²) in [5.74, 6) is 1.47. The molecule has 1 aromatic rings. The molecular weight excluding hydrogens is 288 g/mol. The van der Waals surface area contributed by atoms with Crippen LogP contribution in [0.2, 0.25) is 0 Å². The fraction of sp³-hybridized carbons (Fsp3) is 0.562. The van der Waals surface area contributed by atoms with Gasteiger partial charge in [-0.2, -0.15) is 0 Å². The van der Waals surface area contributed by atoms with Crippen LogP contribution in [0.15, 0.2) is 24.3 Å². The monoisotopic (exact) mass is 312 g/mol. The molecule has 21 heavy (non-hydrogen) atoms. The Balaban J connectivity index is 0.00000220. The molecule has 5 heteroatoms. The molecule has 2 rings (SSSR count). The van der Waals surface area contributed by atoms with E-state index in [0.29, 0.717) is 25.5 Å². The van der Waals surface area contributed by atoms with Crippen LogP contribution in [0.25, 0.3) is 0 Å². The van der Waals surface area contributed by atoms with Gasteiger partial charge in [-0.1, -0.05) is 12.1 Å². The van der Waals surface area contributed by atoms with Crippen molar-refractivity contribution in [3.8, 4) is 5.75 Å². The first-order valence-corrected chi connectivity index (χ1v) is 7.36. The summed E-state index contributed by atoms with van der Waals surface area (Å²) >= 11 is 0. The van der Waals surface area contributed by atoms with E-state index in [1.165, 1.54) is 0 Å². The summed E-state index contributed by atoms with van der Waals surface area (Å²) in [7, 11) is 0. The highest BCUT2D eigenvalue weighted by Crippen LogP contribution is 2.16. The molecule has 1 aliphatic heterocycles. The maximum absolute atomic E-state index is 12.1. The Labute approximate surface area is 133 Å². The minimum atomic E-state index is 0. The first-order chi connectivity index (χ1) is 9.69. The zero-order valence-electron chi connectivity index (χ0n) is 12.6. The summed E-state index contributed by atoms with van der Waals surface area (Å²) in [6.45, 7) is 4.80. The van der Waals surface area contributed by atoms with Crippen LogP contribution in [-0.4, -0.2) is 37.0 Å². The number of piperidine rings is 1. The Morgan fingerprint density at radius 2 is 2.29 bits per heavy atom. The van der Waals surface area contributed by atoms with E-state index in [1.807, 2.05) is 36.1 Å². The second-order valence-corrected chi connectivity index (χ2v) is 5.50. The van der Waals surface area contributed by atoms with Gasteiger partial charge in [0.25, 0.3) is 0 Å². The molecule has 1 amide bonds. The van der Waals surface area contributed by atoms with Crippen molar-refractivity contribution in [1.29, 1.82) is 0 Å². The molecule has 1 atom stereocenters. The smallest absolute Gasteiger partial charge is 0.226 e. The molecule has 1 fully saturated rings. The molecule has 0 radical (unpaired) electrons. The third-order valence-electron chi connectivity index (χ3n) is 3.78. The van der Waals surface area contributed by atoms with Gasteiger partial charge >= 0.3 is 0 Å². The normalized spacial score (nSPS) is 18.0. The second kappa shape index (κ2) is 8.90. The van der Waals surface area contributed by atoms with E-state index in [-0.39, 0.29) is 18.3 Å². The molecule has 0 saturated carbocycles. The van der Waals surface area contributed by atoms with Gasteiger partial charge in [0.2, 0.25) is 5.91 Å². The summed E-state index contributed by atoms with van der Waals surface area (Å²) < 4.78 is 5.63. The molecule has 1 aromatic carbocycles. The van der Waals surface area contributed by atoms with Gasteiger partial charge < -0.3 is 15.4 Å². The SMILES string of the molecule is Cc1cccc(OCCC(=O)N2CCCC(CN)C2)c1.Cl. The molecule has 0 spiro atoms. The number of nitrogens with two attached hydrogens (primary N) is 1. The van der Waals surface area contributed by atoms with Crippen LogP contribution in [0.3, 0.4) is 0 Å². The Morgan fingerprint density at radius 1 is 1.48 bits per heavy atom. The molecule has 1 heterocycles. The lowest BCUT2D eigenvalue weighted by atomic mass is 9.98. The van der Waals surface area contributed by atoms with Crippen molar-refractivity contribution in [2.45, 2.75) is 26.2 Å². The predicted octanol–water partition coefficient (Wildman–Crippen LogP) is 2.38. The van der Waals surface area contributed by atoms with Crippen molar-refractivity contribution in [3.05, 3.63) is 29.8 Å². The number of rotatable bonds is 5. The van der Waals surface area contributed by atoms with Crippen LogP contribution in [0.1, 0.15) is 24.8 Å². The van der Waals surface area contributed by atoms with Crippen molar-refractivity contribution >= 4 is 18.3 Å². The third-order valence-corrected chi connectivity index (χ3v) is 3.78. The van der Waals surface area contributed by atoms with Gasteiger partial charge in [0.1, 0.15) is 5.75 Å². The first-order valence-electron chi connectivity index (χ1n) is 7.36. The minimum absolute atomic E-state index is 0. The Bertz CT molecular complexity index is 454. The van der Waals surface area contributed by atoms with Crippen LogP contribution in [0, 0.1) is 12.8 Å². The van der Waals surface area contributed by atoms with Gasteiger partial charge in [-0.3, -0.25) is 4.79 Å². The second-order valence-electron chi connectivity index (χ2n) is 5.50. The van der Waals surface area contributed by atoms with Gasteiger partial charge in [-0.25, -0.2) is 0 Å². The Kier molecular flexibility index (Phi) is 7.54. The molecule has 118 valence electrons. The van der Waals surface area contributed by atoms with Crippen LogP contribution >= 0.6 is 12.4 Å². The number of carbonyl (C=O) groups excluding carboxylic acids is 1. The number of nitrogens with zero attached hydrogens (tertiary/aromatic N) is 1. The highest BCUT2D eigenvalue weighted by Gasteiger charge is 2.22. The number of ether oxygens (including phenoxy) is 1. The van der Waals surface area contributed by atoms with Crippen LogP contribution in [0.5, 0.6) is 5.75 Å². The molecule has 1 unspecified atom stereocenters.